The van der Waals surface area contributed by atoms with Crippen LogP contribution in [0.4, 0.5) is 11.4 Å². The molecule has 1 aliphatic rings. The minimum Gasteiger partial charge on any atom is -0.326 e. The lowest BCUT2D eigenvalue weighted by atomic mass is 10.1. The van der Waals surface area contributed by atoms with Gasteiger partial charge in [-0.15, -0.1) is 0 Å². The number of anilines is 2. The maximum atomic E-state index is 13.4. The quantitative estimate of drug-likeness (QED) is 0.542. The van der Waals surface area contributed by atoms with Crippen LogP contribution in [-0.4, -0.2) is 40.9 Å². The van der Waals surface area contributed by atoms with Gasteiger partial charge in [0, 0.05) is 62.5 Å². The molecule has 0 fully saturated rings. The van der Waals surface area contributed by atoms with E-state index >= 15 is 0 Å². The minimum absolute atomic E-state index is 0.119. The number of fused-ring (bicyclic) bond motifs is 1. The summed E-state index contributed by atoms with van der Waals surface area (Å²) < 4.78 is 30.0. The molecule has 1 N–H and O–H groups in total. The summed E-state index contributed by atoms with van der Waals surface area (Å²) in [5, 5.41) is 7.36. The molecule has 184 valence electrons. The van der Waals surface area contributed by atoms with E-state index in [0.717, 1.165) is 16.9 Å². The molecule has 2 amide bonds. The lowest BCUT2D eigenvalue weighted by Crippen LogP contribution is -2.37. The van der Waals surface area contributed by atoms with Gasteiger partial charge in [-0.25, -0.2) is 8.42 Å². The van der Waals surface area contributed by atoms with Gasteiger partial charge in [0.25, 0.3) is 0 Å². The molecule has 10 heteroatoms. The first-order valence-electron chi connectivity index (χ1n) is 11.5. The van der Waals surface area contributed by atoms with Crippen molar-refractivity contribution in [2.45, 2.75) is 44.7 Å². The second-order valence-corrected chi connectivity index (χ2v) is 10.4. The molecule has 1 aliphatic heterocycles. The number of carbonyl (C=O) groups excluding carboxylic acids is 2. The maximum Gasteiger partial charge on any atom is 0.243 e. The topological polar surface area (TPSA) is 105 Å². The highest BCUT2D eigenvalue weighted by atomic mass is 32.2. The van der Waals surface area contributed by atoms with Gasteiger partial charge in [0.15, 0.2) is 0 Å². The van der Waals surface area contributed by atoms with Gasteiger partial charge < -0.3 is 10.2 Å². The van der Waals surface area contributed by atoms with Crippen molar-refractivity contribution < 1.29 is 18.0 Å². The lowest BCUT2D eigenvalue weighted by Gasteiger charge is -2.28. The molecule has 0 atom stereocenters. The van der Waals surface area contributed by atoms with E-state index in [9.17, 15) is 18.0 Å². The zero-order valence-corrected chi connectivity index (χ0v) is 20.9. The molecule has 2 aromatic carbocycles. The van der Waals surface area contributed by atoms with E-state index in [1.54, 1.807) is 28.6 Å². The Labute approximate surface area is 205 Å². The first-order chi connectivity index (χ1) is 16.7. The number of hydrogen-bond donors (Lipinski definition) is 1. The third-order valence-electron chi connectivity index (χ3n) is 6.14. The van der Waals surface area contributed by atoms with Gasteiger partial charge in [-0.1, -0.05) is 25.1 Å². The van der Waals surface area contributed by atoms with Gasteiger partial charge in [-0.2, -0.15) is 9.40 Å². The molecule has 2 heterocycles. The van der Waals surface area contributed by atoms with Crippen LogP contribution in [0.3, 0.4) is 0 Å². The predicted molar refractivity (Wildman–Crippen MR) is 133 cm³/mol. The van der Waals surface area contributed by atoms with Gasteiger partial charge in [-0.3, -0.25) is 14.3 Å². The Morgan fingerprint density at radius 3 is 2.40 bits per heavy atom. The second kappa shape index (κ2) is 10.0. The lowest BCUT2D eigenvalue weighted by molar-refractivity contribution is -0.117. The Bertz CT molecular complexity index is 1330. The Morgan fingerprint density at radius 2 is 1.77 bits per heavy atom. The highest BCUT2D eigenvalue weighted by Gasteiger charge is 2.32. The smallest absolute Gasteiger partial charge is 0.243 e. The summed E-state index contributed by atoms with van der Waals surface area (Å²) in [5.74, 6) is -0.255. The number of nitrogens with one attached hydrogen (secondary N) is 1. The molecule has 0 spiro atoms. The molecule has 0 unspecified atom stereocenters. The number of amides is 2. The van der Waals surface area contributed by atoms with Crippen molar-refractivity contribution in [2.75, 3.05) is 16.8 Å². The first kappa shape index (κ1) is 24.6. The molecule has 0 saturated carbocycles. The average molecular weight is 496 g/mol. The summed E-state index contributed by atoms with van der Waals surface area (Å²) in [5.41, 5.74) is 3.79. The molecule has 0 radical (unpaired) electrons. The van der Waals surface area contributed by atoms with Crippen LogP contribution in [0.1, 0.15) is 37.2 Å². The van der Waals surface area contributed by atoms with Gasteiger partial charge >= 0.3 is 0 Å². The summed E-state index contributed by atoms with van der Waals surface area (Å²) in [6.07, 6.45) is 0.864. The van der Waals surface area contributed by atoms with Gasteiger partial charge in [0.1, 0.15) is 0 Å². The highest BCUT2D eigenvalue weighted by molar-refractivity contribution is 7.89. The number of rotatable bonds is 7. The standard InChI is InChI=1S/C25H29N5O4S/c1-4-25(32)26-19-10-12-21(13-11-19)35(33,34)29-15-14-24-22(16-29)23(27-28(24)3)17-30(18(2)31)20-8-6-5-7-9-20/h5-13H,4,14-17H2,1-3H3,(H,26,32). The van der Waals surface area contributed by atoms with Crippen LogP contribution in [0.25, 0.3) is 0 Å². The molecular weight excluding hydrogens is 466 g/mol. The van der Waals surface area contributed by atoms with Crippen LogP contribution >= 0.6 is 0 Å². The normalized spacial score (nSPS) is 13.8. The van der Waals surface area contributed by atoms with Crippen LogP contribution in [0.15, 0.2) is 59.5 Å². The SMILES string of the molecule is CCC(=O)Nc1ccc(S(=O)(=O)N2CCc3c(c(CN(C(C)=O)c4ccccc4)nn3C)C2)cc1. The van der Waals surface area contributed by atoms with E-state index in [1.165, 1.54) is 23.4 Å². The van der Waals surface area contributed by atoms with E-state index in [2.05, 4.69) is 10.4 Å². The molecular formula is C25H29N5O4S. The van der Waals surface area contributed by atoms with Crippen molar-refractivity contribution in [1.29, 1.82) is 0 Å². The maximum absolute atomic E-state index is 13.4. The summed E-state index contributed by atoms with van der Waals surface area (Å²) in [7, 11) is -1.91. The second-order valence-electron chi connectivity index (χ2n) is 8.45. The molecule has 1 aromatic heterocycles. The molecule has 0 bridgehead atoms. The molecule has 35 heavy (non-hydrogen) atoms. The van der Waals surface area contributed by atoms with Crippen LogP contribution < -0.4 is 10.2 Å². The zero-order valence-electron chi connectivity index (χ0n) is 20.1. The monoisotopic (exact) mass is 495 g/mol. The Morgan fingerprint density at radius 1 is 1.09 bits per heavy atom. The van der Waals surface area contributed by atoms with Crippen molar-refractivity contribution in [3.05, 3.63) is 71.5 Å². The van der Waals surface area contributed by atoms with Gasteiger partial charge in [0.05, 0.1) is 17.1 Å². The average Bonchev–Trinajstić information content (AvgIpc) is 3.17. The number of aryl methyl sites for hydroxylation is 1. The van der Waals surface area contributed by atoms with Gasteiger partial charge in [-0.05, 0) is 36.4 Å². The number of aromatic nitrogens is 2. The van der Waals surface area contributed by atoms with Crippen LogP contribution in [0.5, 0.6) is 0 Å². The number of benzene rings is 2. The summed E-state index contributed by atoms with van der Waals surface area (Å²) in [6.45, 7) is 4.02. The van der Waals surface area contributed by atoms with E-state index in [0.29, 0.717) is 30.8 Å². The van der Waals surface area contributed by atoms with Crippen LogP contribution in [-0.2, 0) is 46.2 Å². The number of sulfonamides is 1. The summed E-state index contributed by atoms with van der Waals surface area (Å²) in [4.78, 5) is 25.8. The Kier molecular flexibility index (Phi) is 7.04. The molecule has 0 aliphatic carbocycles. The minimum atomic E-state index is -3.76. The third kappa shape index (κ3) is 5.13. The first-order valence-corrected chi connectivity index (χ1v) is 12.9. The van der Waals surface area contributed by atoms with Crippen molar-refractivity contribution >= 4 is 33.2 Å². The molecule has 0 saturated heterocycles. The molecule has 9 nitrogen and oxygen atoms in total. The third-order valence-corrected chi connectivity index (χ3v) is 8.00. The van der Waals surface area contributed by atoms with E-state index in [1.807, 2.05) is 37.4 Å². The number of nitrogens with zero attached hydrogens (tertiary/aromatic N) is 4. The van der Waals surface area contributed by atoms with Crippen molar-refractivity contribution in [3.8, 4) is 0 Å². The Balaban J connectivity index is 1.59. The predicted octanol–water partition coefficient (Wildman–Crippen LogP) is 3.07. The van der Waals surface area contributed by atoms with Crippen molar-refractivity contribution in [3.63, 3.8) is 0 Å². The fraction of sp³-hybridized carbons (Fsp3) is 0.320. The number of carbonyl (C=O) groups is 2. The largest absolute Gasteiger partial charge is 0.326 e. The van der Waals surface area contributed by atoms with E-state index in [-0.39, 0.29) is 29.8 Å². The van der Waals surface area contributed by atoms with Crippen molar-refractivity contribution in [2.24, 2.45) is 7.05 Å². The highest BCUT2D eigenvalue weighted by Crippen LogP contribution is 2.29. The molecule has 4 rings (SSSR count). The summed E-state index contributed by atoms with van der Waals surface area (Å²) >= 11 is 0. The fourth-order valence-corrected chi connectivity index (χ4v) is 5.64. The Hall–Kier alpha value is -3.50. The van der Waals surface area contributed by atoms with Gasteiger partial charge in [0.2, 0.25) is 21.8 Å². The summed E-state index contributed by atoms with van der Waals surface area (Å²) in [6, 6.07) is 15.5. The van der Waals surface area contributed by atoms with E-state index < -0.39 is 10.0 Å². The number of hydrogen-bond acceptors (Lipinski definition) is 5. The van der Waals surface area contributed by atoms with Crippen LogP contribution in [0.2, 0.25) is 0 Å². The van der Waals surface area contributed by atoms with Crippen molar-refractivity contribution in [1.82, 2.24) is 14.1 Å². The zero-order chi connectivity index (χ0) is 25.2. The fourth-order valence-electron chi connectivity index (χ4n) is 4.23. The van der Waals surface area contributed by atoms with E-state index in [4.69, 9.17) is 0 Å². The molecule has 3 aromatic rings. The van der Waals surface area contributed by atoms with Crippen LogP contribution in [0, 0.1) is 0 Å². The number of para-hydroxylation sites is 1.